The number of piperidine rings is 1. The average molecular weight is 267 g/mol. The van der Waals surface area contributed by atoms with Crippen molar-refractivity contribution in [2.45, 2.75) is 59.0 Å². The number of nitrogens with one attached hydrogen (secondary N) is 1. The normalized spacial score (nSPS) is 34.7. The van der Waals surface area contributed by atoms with Gasteiger partial charge in [-0.15, -0.1) is 0 Å². The largest absolute Gasteiger partial charge is 0.376 e. The van der Waals surface area contributed by atoms with Crippen molar-refractivity contribution in [3.63, 3.8) is 0 Å². The molecule has 4 nitrogen and oxygen atoms in total. The monoisotopic (exact) mass is 267 g/mol. The van der Waals surface area contributed by atoms with Crippen LogP contribution in [-0.2, 0) is 14.3 Å². The number of hydrogen-bond acceptors (Lipinski definition) is 3. The van der Waals surface area contributed by atoms with Crippen LogP contribution in [0.3, 0.4) is 0 Å². The summed E-state index contributed by atoms with van der Waals surface area (Å²) in [5.74, 6) is 0.186. The summed E-state index contributed by atoms with van der Waals surface area (Å²) in [4.78, 5) is 24.1. The maximum absolute atomic E-state index is 12.3. The Labute approximate surface area is 115 Å². The van der Waals surface area contributed by atoms with Crippen molar-refractivity contribution in [2.24, 2.45) is 17.3 Å². The molecule has 2 unspecified atom stereocenters. The zero-order valence-electron chi connectivity index (χ0n) is 12.4. The zero-order valence-corrected chi connectivity index (χ0v) is 12.4. The van der Waals surface area contributed by atoms with Crippen LogP contribution in [0.2, 0.25) is 0 Å². The third-order valence-corrected chi connectivity index (χ3v) is 4.41. The minimum atomic E-state index is -0.245. The highest BCUT2D eigenvalue weighted by atomic mass is 16.5. The van der Waals surface area contributed by atoms with Crippen molar-refractivity contribution in [2.75, 3.05) is 6.61 Å². The highest BCUT2D eigenvalue weighted by Crippen LogP contribution is 2.50. The number of hydrogen-bond donors (Lipinski definition) is 1. The van der Waals surface area contributed by atoms with Crippen molar-refractivity contribution in [1.29, 1.82) is 0 Å². The predicted octanol–water partition coefficient (Wildman–Crippen LogP) is 2.27. The van der Waals surface area contributed by atoms with Crippen molar-refractivity contribution < 1.29 is 14.3 Å². The molecule has 4 heteroatoms. The van der Waals surface area contributed by atoms with Gasteiger partial charge in [0.25, 0.3) is 0 Å². The molecule has 0 saturated carbocycles. The molecule has 1 spiro atoms. The van der Waals surface area contributed by atoms with E-state index in [1.54, 1.807) is 0 Å². The lowest BCUT2D eigenvalue weighted by Crippen LogP contribution is -2.57. The molecule has 1 N–H and O–H groups in total. The molecule has 2 rings (SSSR count). The molecule has 0 aromatic carbocycles. The van der Waals surface area contributed by atoms with E-state index in [2.05, 4.69) is 33.0 Å². The van der Waals surface area contributed by atoms with Crippen LogP contribution < -0.4 is 5.32 Å². The first-order valence-electron chi connectivity index (χ1n) is 7.22. The highest BCUT2D eigenvalue weighted by molar-refractivity contribution is 5.99. The molecule has 19 heavy (non-hydrogen) atoms. The standard InChI is InChI=1S/C15H25NO3/c1-10(2)7-11-13(18)16-12(17)8-15(11)5-6-19-14(3,4)9-15/h10-11H,5-9H2,1-4H3,(H,16,17,18). The Morgan fingerprint density at radius 1 is 1.37 bits per heavy atom. The first kappa shape index (κ1) is 14.5. The summed E-state index contributed by atoms with van der Waals surface area (Å²) in [5.41, 5.74) is -0.448. The van der Waals surface area contributed by atoms with E-state index in [-0.39, 0.29) is 28.7 Å². The van der Waals surface area contributed by atoms with E-state index in [0.717, 1.165) is 19.3 Å². The Bertz CT molecular complexity index is 389. The maximum Gasteiger partial charge on any atom is 0.230 e. The summed E-state index contributed by atoms with van der Waals surface area (Å²) in [6, 6.07) is 0. The molecule has 2 aliphatic rings. The van der Waals surface area contributed by atoms with E-state index < -0.39 is 0 Å². The average Bonchev–Trinajstić information content (AvgIpc) is 2.21. The molecular weight excluding hydrogens is 242 g/mol. The second kappa shape index (κ2) is 4.89. The summed E-state index contributed by atoms with van der Waals surface area (Å²) >= 11 is 0. The quantitative estimate of drug-likeness (QED) is 0.781. The van der Waals surface area contributed by atoms with E-state index in [1.165, 1.54) is 0 Å². The number of amides is 2. The number of rotatable bonds is 2. The molecular formula is C15H25NO3. The molecule has 0 aromatic rings. The van der Waals surface area contributed by atoms with Gasteiger partial charge in [0.15, 0.2) is 0 Å². The molecule has 2 fully saturated rings. The Kier molecular flexibility index (Phi) is 3.74. The fourth-order valence-corrected chi connectivity index (χ4v) is 3.78. The van der Waals surface area contributed by atoms with Gasteiger partial charge in [-0.05, 0) is 44.4 Å². The summed E-state index contributed by atoms with van der Waals surface area (Å²) in [6.45, 7) is 9.00. The van der Waals surface area contributed by atoms with E-state index in [1.807, 2.05) is 0 Å². The van der Waals surface area contributed by atoms with Crippen molar-refractivity contribution in [3.05, 3.63) is 0 Å². The lowest BCUT2D eigenvalue weighted by molar-refractivity contribution is -0.162. The van der Waals surface area contributed by atoms with Gasteiger partial charge in [0.05, 0.1) is 5.60 Å². The maximum atomic E-state index is 12.3. The van der Waals surface area contributed by atoms with Crippen molar-refractivity contribution >= 4 is 11.8 Å². The van der Waals surface area contributed by atoms with Gasteiger partial charge in [-0.3, -0.25) is 14.9 Å². The number of imide groups is 1. The van der Waals surface area contributed by atoms with E-state index in [0.29, 0.717) is 18.9 Å². The number of ether oxygens (including phenoxy) is 1. The third kappa shape index (κ3) is 2.99. The molecule has 0 aliphatic carbocycles. The molecule has 2 aliphatic heterocycles. The molecule has 2 saturated heterocycles. The lowest BCUT2D eigenvalue weighted by Gasteiger charge is -2.50. The van der Waals surface area contributed by atoms with Gasteiger partial charge in [0, 0.05) is 18.9 Å². The Balaban J connectivity index is 2.30. The minimum Gasteiger partial charge on any atom is -0.376 e. The van der Waals surface area contributed by atoms with Crippen LogP contribution in [0.15, 0.2) is 0 Å². The second-order valence-electron chi connectivity index (χ2n) is 7.17. The minimum absolute atomic E-state index is 0.0617. The Hall–Kier alpha value is -0.900. The number of carbonyl (C=O) groups excluding carboxylic acids is 2. The fourth-order valence-electron chi connectivity index (χ4n) is 3.78. The van der Waals surface area contributed by atoms with Crippen molar-refractivity contribution in [3.8, 4) is 0 Å². The van der Waals surface area contributed by atoms with Gasteiger partial charge in [-0.25, -0.2) is 0 Å². The number of carbonyl (C=O) groups is 2. The van der Waals surface area contributed by atoms with Crippen LogP contribution >= 0.6 is 0 Å². The fraction of sp³-hybridized carbons (Fsp3) is 0.867. The molecule has 2 atom stereocenters. The molecule has 2 heterocycles. The molecule has 108 valence electrons. The topological polar surface area (TPSA) is 55.4 Å². The Morgan fingerprint density at radius 2 is 2.05 bits per heavy atom. The van der Waals surface area contributed by atoms with E-state index in [9.17, 15) is 9.59 Å². The van der Waals surface area contributed by atoms with Crippen LogP contribution in [0.4, 0.5) is 0 Å². The van der Waals surface area contributed by atoms with Gasteiger partial charge >= 0.3 is 0 Å². The molecule has 0 bridgehead atoms. The smallest absolute Gasteiger partial charge is 0.230 e. The SMILES string of the molecule is CC(C)CC1C(=O)NC(=O)CC12CCOC(C)(C)C2. The van der Waals surface area contributed by atoms with Crippen LogP contribution in [0.25, 0.3) is 0 Å². The molecule has 2 amide bonds. The van der Waals surface area contributed by atoms with Gasteiger partial charge in [0.2, 0.25) is 11.8 Å². The Morgan fingerprint density at radius 3 is 2.63 bits per heavy atom. The summed E-state index contributed by atoms with van der Waals surface area (Å²) < 4.78 is 5.77. The summed E-state index contributed by atoms with van der Waals surface area (Å²) in [6.07, 6.45) is 2.90. The zero-order chi connectivity index (χ0) is 14.3. The third-order valence-electron chi connectivity index (χ3n) is 4.41. The molecule has 0 radical (unpaired) electrons. The summed E-state index contributed by atoms with van der Waals surface area (Å²) in [5, 5.41) is 2.51. The van der Waals surface area contributed by atoms with E-state index >= 15 is 0 Å². The molecule has 0 aromatic heterocycles. The lowest BCUT2D eigenvalue weighted by atomic mass is 9.60. The van der Waals surface area contributed by atoms with Crippen LogP contribution in [0, 0.1) is 17.3 Å². The van der Waals surface area contributed by atoms with Crippen LogP contribution in [0.1, 0.15) is 53.4 Å². The van der Waals surface area contributed by atoms with Gasteiger partial charge in [-0.2, -0.15) is 0 Å². The van der Waals surface area contributed by atoms with Gasteiger partial charge in [-0.1, -0.05) is 13.8 Å². The predicted molar refractivity (Wildman–Crippen MR) is 72.4 cm³/mol. The van der Waals surface area contributed by atoms with E-state index in [4.69, 9.17) is 4.74 Å². The van der Waals surface area contributed by atoms with Crippen LogP contribution in [-0.4, -0.2) is 24.0 Å². The first-order chi connectivity index (χ1) is 8.74. The highest BCUT2D eigenvalue weighted by Gasteiger charge is 2.52. The van der Waals surface area contributed by atoms with Gasteiger partial charge in [0.1, 0.15) is 0 Å². The van der Waals surface area contributed by atoms with Gasteiger partial charge < -0.3 is 4.74 Å². The van der Waals surface area contributed by atoms with Crippen LogP contribution in [0.5, 0.6) is 0 Å². The second-order valence-corrected chi connectivity index (χ2v) is 7.17. The first-order valence-corrected chi connectivity index (χ1v) is 7.22. The summed E-state index contributed by atoms with van der Waals surface area (Å²) in [7, 11) is 0. The van der Waals surface area contributed by atoms with Crippen molar-refractivity contribution in [1.82, 2.24) is 5.32 Å².